The molecule has 21 heavy (non-hydrogen) atoms. The lowest BCUT2D eigenvalue weighted by Gasteiger charge is -2.27. The predicted octanol–water partition coefficient (Wildman–Crippen LogP) is 2.93. The maximum absolute atomic E-state index is 11.4. The molecule has 5 nitrogen and oxygen atoms in total. The van der Waals surface area contributed by atoms with Gasteiger partial charge in [0.05, 0.1) is 17.2 Å². The fourth-order valence-electron chi connectivity index (χ4n) is 2.82. The van der Waals surface area contributed by atoms with E-state index in [0.29, 0.717) is 21.1 Å². The van der Waals surface area contributed by atoms with Gasteiger partial charge in [0, 0.05) is 6.20 Å². The molecule has 2 aromatic rings. The highest BCUT2D eigenvalue weighted by Gasteiger charge is 2.23. The van der Waals surface area contributed by atoms with Crippen molar-refractivity contribution < 1.29 is 9.53 Å². The Morgan fingerprint density at radius 1 is 1.38 bits per heavy atom. The predicted molar refractivity (Wildman–Crippen MR) is 84.6 cm³/mol. The van der Waals surface area contributed by atoms with Crippen molar-refractivity contribution in [3.05, 3.63) is 17.1 Å². The molecule has 1 fully saturated rings. The zero-order valence-corrected chi connectivity index (χ0v) is 12.8. The van der Waals surface area contributed by atoms with E-state index in [9.17, 15) is 4.79 Å². The molecule has 0 saturated heterocycles. The number of nitrogens with zero attached hydrogens (tertiary/aromatic N) is 1. The summed E-state index contributed by atoms with van der Waals surface area (Å²) in [6.45, 7) is 2.27. The Bertz CT molecular complexity index is 675. The number of anilines is 1. The Morgan fingerprint density at radius 3 is 2.76 bits per heavy atom. The van der Waals surface area contributed by atoms with Crippen LogP contribution in [0.4, 0.5) is 5.69 Å². The summed E-state index contributed by atoms with van der Waals surface area (Å²) in [6.07, 6.45) is 6.37. The van der Waals surface area contributed by atoms with Crippen LogP contribution in [0.2, 0.25) is 0 Å². The number of nitrogens with two attached hydrogens (primary N) is 2. The van der Waals surface area contributed by atoms with Crippen LogP contribution in [-0.2, 0) is 0 Å². The van der Waals surface area contributed by atoms with Crippen molar-refractivity contribution in [1.82, 2.24) is 4.98 Å². The number of primary amides is 1. The molecule has 112 valence electrons. The highest BCUT2D eigenvalue weighted by Crippen LogP contribution is 2.39. The Hall–Kier alpha value is -1.82. The molecule has 0 aromatic carbocycles. The molecule has 0 aliphatic heterocycles. The van der Waals surface area contributed by atoms with E-state index in [4.69, 9.17) is 16.2 Å². The lowest BCUT2D eigenvalue weighted by atomic mass is 9.89. The van der Waals surface area contributed by atoms with Crippen molar-refractivity contribution in [2.45, 2.75) is 38.7 Å². The summed E-state index contributed by atoms with van der Waals surface area (Å²) in [7, 11) is 0. The highest BCUT2D eigenvalue weighted by molar-refractivity contribution is 7.21. The fraction of sp³-hybridized carbons (Fsp3) is 0.467. The van der Waals surface area contributed by atoms with Gasteiger partial charge in [0.15, 0.2) is 0 Å². The minimum atomic E-state index is -0.520. The molecule has 1 amide bonds. The Labute approximate surface area is 127 Å². The third-order valence-electron chi connectivity index (χ3n) is 4.07. The second kappa shape index (κ2) is 5.52. The Balaban J connectivity index is 1.93. The summed E-state index contributed by atoms with van der Waals surface area (Å²) in [6, 6.07) is 1.81. The van der Waals surface area contributed by atoms with Crippen molar-refractivity contribution >= 4 is 33.1 Å². The lowest BCUT2D eigenvalue weighted by molar-refractivity contribution is 0.100. The second-order valence-electron chi connectivity index (χ2n) is 5.70. The molecule has 1 aliphatic carbocycles. The van der Waals surface area contributed by atoms with E-state index in [1.54, 1.807) is 6.20 Å². The van der Waals surface area contributed by atoms with Gasteiger partial charge in [0.25, 0.3) is 5.91 Å². The quantitative estimate of drug-likeness (QED) is 0.912. The van der Waals surface area contributed by atoms with Gasteiger partial charge in [-0.15, -0.1) is 11.3 Å². The summed E-state index contributed by atoms with van der Waals surface area (Å²) in [4.78, 5) is 16.7. The van der Waals surface area contributed by atoms with Crippen LogP contribution in [0.3, 0.4) is 0 Å². The molecule has 0 radical (unpaired) electrons. The average molecular weight is 305 g/mol. The van der Waals surface area contributed by atoms with Crippen molar-refractivity contribution in [3.8, 4) is 5.75 Å². The highest BCUT2D eigenvalue weighted by atomic mass is 32.1. The number of hydrogen-bond donors (Lipinski definition) is 2. The van der Waals surface area contributed by atoms with Gasteiger partial charge >= 0.3 is 0 Å². The fourth-order valence-corrected chi connectivity index (χ4v) is 3.76. The van der Waals surface area contributed by atoms with E-state index >= 15 is 0 Å². The first-order chi connectivity index (χ1) is 10.1. The van der Waals surface area contributed by atoms with Crippen molar-refractivity contribution in [1.29, 1.82) is 0 Å². The number of nitrogen functional groups attached to an aromatic ring is 1. The van der Waals surface area contributed by atoms with Crippen molar-refractivity contribution in [3.63, 3.8) is 0 Å². The van der Waals surface area contributed by atoms with Crippen LogP contribution < -0.4 is 16.2 Å². The van der Waals surface area contributed by atoms with Crippen molar-refractivity contribution in [2.24, 2.45) is 11.7 Å². The van der Waals surface area contributed by atoms with Gasteiger partial charge in [-0.2, -0.15) is 0 Å². The number of ether oxygens (including phenoxy) is 1. The van der Waals surface area contributed by atoms with E-state index < -0.39 is 5.91 Å². The topological polar surface area (TPSA) is 91.2 Å². The molecule has 2 aromatic heterocycles. The minimum Gasteiger partial charge on any atom is -0.490 e. The normalized spacial score (nSPS) is 22.3. The van der Waals surface area contributed by atoms with Gasteiger partial charge in [-0.1, -0.05) is 6.92 Å². The van der Waals surface area contributed by atoms with Crippen LogP contribution in [0.25, 0.3) is 10.2 Å². The monoisotopic (exact) mass is 305 g/mol. The molecule has 2 heterocycles. The summed E-state index contributed by atoms with van der Waals surface area (Å²) in [5.41, 5.74) is 11.8. The number of hydrogen-bond acceptors (Lipinski definition) is 5. The van der Waals surface area contributed by atoms with Crippen molar-refractivity contribution in [2.75, 3.05) is 5.73 Å². The molecule has 1 saturated carbocycles. The van der Waals surface area contributed by atoms with Gasteiger partial charge in [-0.3, -0.25) is 4.79 Å². The molecule has 3 rings (SSSR count). The number of fused-ring (bicyclic) bond motifs is 1. The summed E-state index contributed by atoms with van der Waals surface area (Å²) in [5.74, 6) is 0.962. The summed E-state index contributed by atoms with van der Waals surface area (Å²) < 4.78 is 6.13. The first-order valence-electron chi connectivity index (χ1n) is 7.19. The number of aromatic nitrogens is 1. The Kier molecular flexibility index (Phi) is 3.71. The standard InChI is InChI=1S/C15H19N3O2S/c1-8-2-4-9(5-3-8)20-10-6-7-18-15-11(10)12(16)13(21-15)14(17)19/h6-9H,2-5,16H2,1H3,(H2,17,19). The summed E-state index contributed by atoms with van der Waals surface area (Å²) >= 11 is 1.22. The number of thiophene rings is 1. The third-order valence-corrected chi connectivity index (χ3v) is 5.20. The Morgan fingerprint density at radius 2 is 2.10 bits per heavy atom. The SMILES string of the molecule is CC1CCC(Oc2ccnc3sc(C(N)=O)c(N)c23)CC1. The molecular weight excluding hydrogens is 286 g/mol. The van der Waals surface area contributed by atoms with Gasteiger partial charge in [-0.05, 0) is 37.7 Å². The zero-order valence-electron chi connectivity index (χ0n) is 12.0. The maximum atomic E-state index is 11.4. The van der Waals surface area contributed by atoms with Crippen LogP contribution in [0.15, 0.2) is 12.3 Å². The molecule has 1 aliphatic rings. The largest absolute Gasteiger partial charge is 0.490 e. The average Bonchev–Trinajstić information content (AvgIpc) is 2.80. The number of amides is 1. The van der Waals surface area contributed by atoms with Crippen LogP contribution in [0, 0.1) is 5.92 Å². The van der Waals surface area contributed by atoms with E-state index in [1.165, 1.54) is 24.2 Å². The molecule has 0 unspecified atom stereocenters. The van der Waals surface area contributed by atoms with E-state index in [-0.39, 0.29) is 6.10 Å². The second-order valence-corrected chi connectivity index (χ2v) is 6.70. The van der Waals surface area contributed by atoms with Crippen LogP contribution in [0.1, 0.15) is 42.3 Å². The van der Waals surface area contributed by atoms with Gasteiger partial charge in [0.1, 0.15) is 15.5 Å². The minimum absolute atomic E-state index is 0.211. The molecule has 0 spiro atoms. The first-order valence-corrected chi connectivity index (χ1v) is 8.01. The molecular formula is C15H19N3O2S. The molecule has 6 heteroatoms. The lowest BCUT2D eigenvalue weighted by Crippen LogP contribution is -2.23. The van der Waals surface area contributed by atoms with Crippen LogP contribution >= 0.6 is 11.3 Å². The number of carbonyl (C=O) groups is 1. The van der Waals surface area contributed by atoms with E-state index in [2.05, 4.69) is 11.9 Å². The number of rotatable bonds is 3. The number of carbonyl (C=O) groups excluding carboxylic acids is 1. The molecule has 0 atom stereocenters. The number of pyridine rings is 1. The molecule has 4 N–H and O–H groups in total. The maximum Gasteiger partial charge on any atom is 0.260 e. The van der Waals surface area contributed by atoms with Gasteiger partial charge < -0.3 is 16.2 Å². The summed E-state index contributed by atoms with van der Waals surface area (Å²) in [5, 5.41) is 0.718. The third kappa shape index (κ3) is 2.68. The van der Waals surface area contributed by atoms with Gasteiger partial charge in [-0.25, -0.2) is 4.98 Å². The first kappa shape index (κ1) is 14.1. The van der Waals surface area contributed by atoms with Crippen LogP contribution in [0.5, 0.6) is 5.75 Å². The van der Waals surface area contributed by atoms with E-state index in [0.717, 1.165) is 24.1 Å². The van der Waals surface area contributed by atoms with Gasteiger partial charge in [0.2, 0.25) is 0 Å². The smallest absolute Gasteiger partial charge is 0.260 e. The molecule has 0 bridgehead atoms. The zero-order chi connectivity index (χ0) is 15.0. The van der Waals surface area contributed by atoms with E-state index in [1.807, 2.05) is 6.07 Å². The van der Waals surface area contributed by atoms with Crippen LogP contribution in [-0.4, -0.2) is 17.0 Å².